The Morgan fingerprint density at radius 2 is 2.11 bits per heavy atom. The van der Waals surface area contributed by atoms with Crippen LogP contribution in [0.2, 0.25) is 0 Å². The van der Waals surface area contributed by atoms with E-state index in [-0.39, 0.29) is 0 Å². The number of hydrogen-bond acceptors (Lipinski definition) is 3. The summed E-state index contributed by atoms with van der Waals surface area (Å²) in [5.74, 6) is 0.864. The Morgan fingerprint density at radius 1 is 1.37 bits per heavy atom. The molecule has 0 aromatic carbocycles. The van der Waals surface area contributed by atoms with Gasteiger partial charge in [-0.05, 0) is 40.0 Å². The van der Waals surface area contributed by atoms with Crippen molar-refractivity contribution in [1.29, 1.82) is 0 Å². The number of aryl methyl sites for hydroxylation is 1. The third kappa shape index (κ3) is 6.07. The summed E-state index contributed by atoms with van der Waals surface area (Å²) in [6.45, 7) is 9.27. The first-order chi connectivity index (χ1) is 9.02. The van der Waals surface area contributed by atoms with Gasteiger partial charge in [0.05, 0.1) is 6.54 Å². The molecule has 1 heterocycles. The predicted octanol–water partition coefficient (Wildman–Crippen LogP) is 2.06. The Morgan fingerprint density at radius 3 is 2.63 bits per heavy atom. The largest absolute Gasteiger partial charge is 0.355 e. The van der Waals surface area contributed by atoms with E-state index in [0.29, 0.717) is 6.04 Å². The van der Waals surface area contributed by atoms with Crippen molar-refractivity contribution in [2.24, 2.45) is 4.99 Å². The quantitative estimate of drug-likeness (QED) is 0.620. The van der Waals surface area contributed by atoms with Crippen molar-refractivity contribution >= 4 is 17.3 Å². The maximum absolute atomic E-state index is 4.23. The van der Waals surface area contributed by atoms with E-state index >= 15 is 0 Å². The Bertz CT molecular complexity index is 398. The van der Waals surface area contributed by atoms with Gasteiger partial charge in [-0.1, -0.05) is 0 Å². The average Bonchev–Trinajstić information content (AvgIpc) is 2.79. The molecule has 4 nitrogen and oxygen atoms in total. The molecule has 0 unspecified atom stereocenters. The molecule has 0 atom stereocenters. The van der Waals surface area contributed by atoms with Crippen molar-refractivity contribution in [3.63, 3.8) is 0 Å². The fourth-order valence-corrected chi connectivity index (χ4v) is 2.41. The van der Waals surface area contributed by atoms with Gasteiger partial charge in [0.2, 0.25) is 0 Å². The first kappa shape index (κ1) is 16.0. The van der Waals surface area contributed by atoms with E-state index in [1.807, 2.05) is 11.3 Å². The molecule has 0 aliphatic rings. The minimum atomic E-state index is 0.575. The fourth-order valence-electron chi connectivity index (χ4n) is 1.58. The molecule has 1 aromatic rings. The molecule has 0 bridgehead atoms. The molecule has 0 fully saturated rings. The second-order valence-electron chi connectivity index (χ2n) is 4.94. The highest BCUT2D eigenvalue weighted by atomic mass is 32.1. The van der Waals surface area contributed by atoms with Crippen molar-refractivity contribution < 1.29 is 0 Å². The Kier molecular flexibility index (Phi) is 6.87. The number of likely N-dealkylation sites (N-methyl/N-ethyl adjacent to an activating group) is 1. The maximum Gasteiger partial charge on any atom is 0.191 e. The zero-order valence-corrected chi connectivity index (χ0v) is 13.5. The SMILES string of the molecule is CN=C(NCCN(C)C(C)C)NCc1ccc(C)s1. The molecule has 19 heavy (non-hydrogen) atoms. The summed E-state index contributed by atoms with van der Waals surface area (Å²) < 4.78 is 0. The molecule has 2 N–H and O–H groups in total. The number of thiophene rings is 1. The van der Waals surface area contributed by atoms with Gasteiger partial charge < -0.3 is 15.5 Å². The maximum atomic E-state index is 4.23. The molecule has 0 saturated heterocycles. The van der Waals surface area contributed by atoms with E-state index in [9.17, 15) is 0 Å². The molecule has 0 spiro atoms. The van der Waals surface area contributed by atoms with Gasteiger partial charge in [-0.25, -0.2) is 0 Å². The van der Waals surface area contributed by atoms with Crippen molar-refractivity contribution in [3.05, 3.63) is 21.9 Å². The van der Waals surface area contributed by atoms with E-state index in [2.05, 4.69) is 60.5 Å². The summed E-state index contributed by atoms with van der Waals surface area (Å²) in [5.41, 5.74) is 0. The fraction of sp³-hybridized carbons (Fsp3) is 0.643. The molecule has 108 valence electrons. The normalized spacial score (nSPS) is 12.3. The Labute approximate surface area is 120 Å². The standard InChI is InChI=1S/C14H26N4S/c1-11(2)18(5)9-8-16-14(15-4)17-10-13-7-6-12(3)19-13/h6-7,11H,8-10H2,1-5H3,(H2,15,16,17). The number of guanidine groups is 1. The van der Waals surface area contributed by atoms with Crippen LogP contribution in [-0.4, -0.2) is 44.1 Å². The van der Waals surface area contributed by atoms with Crippen LogP contribution in [0.4, 0.5) is 0 Å². The molecule has 0 aliphatic heterocycles. The van der Waals surface area contributed by atoms with Gasteiger partial charge >= 0.3 is 0 Å². The van der Waals surface area contributed by atoms with Crippen LogP contribution in [-0.2, 0) is 6.54 Å². The van der Waals surface area contributed by atoms with Crippen LogP contribution in [0.1, 0.15) is 23.6 Å². The van der Waals surface area contributed by atoms with Crippen molar-refractivity contribution in [2.45, 2.75) is 33.4 Å². The number of rotatable bonds is 6. The molecule has 0 aliphatic carbocycles. The second-order valence-corrected chi connectivity index (χ2v) is 6.31. The van der Waals surface area contributed by atoms with Crippen LogP contribution in [0.25, 0.3) is 0 Å². The predicted molar refractivity (Wildman–Crippen MR) is 85.0 cm³/mol. The van der Waals surface area contributed by atoms with Gasteiger partial charge in [0, 0.05) is 35.9 Å². The lowest BCUT2D eigenvalue weighted by molar-refractivity contribution is 0.278. The van der Waals surface area contributed by atoms with Crippen molar-refractivity contribution in [2.75, 3.05) is 27.2 Å². The van der Waals surface area contributed by atoms with E-state index in [0.717, 1.165) is 25.6 Å². The van der Waals surface area contributed by atoms with Crippen molar-refractivity contribution in [3.8, 4) is 0 Å². The number of aliphatic imine (C=N–C) groups is 1. The monoisotopic (exact) mass is 282 g/mol. The number of hydrogen-bond donors (Lipinski definition) is 2. The van der Waals surface area contributed by atoms with Crippen LogP contribution in [0, 0.1) is 6.92 Å². The minimum Gasteiger partial charge on any atom is -0.355 e. The van der Waals surface area contributed by atoms with Gasteiger partial charge in [0.25, 0.3) is 0 Å². The summed E-state index contributed by atoms with van der Waals surface area (Å²) in [7, 11) is 3.94. The zero-order valence-electron chi connectivity index (χ0n) is 12.7. The Hall–Kier alpha value is -1.07. The number of nitrogens with zero attached hydrogens (tertiary/aromatic N) is 2. The van der Waals surface area contributed by atoms with Crippen LogP contribution >= 0.6 is 11.3 Å². The summed E-state index contributed by atoms with van der Waals surface area (Å²) in [4.78, 5) is 9.22. The third-order valence-corrected chi connectivity index (χ3v) is 4.09. The van der Waals surface area contributed by atoms with Gasteiger partial charge in [0.1, 0.15) is 0 Å². The minimum absolute atomic E-state index is 0.575. The first-order valence-electron chi connectivity index (χ1n) is 6.73. The van der Waals surface area contributed by atoms with Crippen molar-refractivity contribution in [1.82, 2.24) is 15.5 Å². The smallest absolute Gasteiger partial charge is 0.191 e. The van der Waals surface area contributed by atoms with E-state index in [1.165, 1.54) is 9.75 Å². The molecule has 1 rings (SSSR count). The van der Waals surface area contributed by atoms with E-state index in [4.69, 9.17) is 0 Å². The summed E-state index contributed by atoms with van der Waals surface area (Å²) >= 11 is 1.82. The average molecular weight is 282 g/mol. The van der Waals surface area contributed by atoms with Crippen LogP contribution in [0.5, 0.6) is 0 Å². The van der Waals surface area contributed by atoms with Crippen LogP contribution < -0.4 is 10.6 Å². The van der Waals surface area contributed by atoms with Gasteiger partial charge in [-0.15, -0.1) is 11.3 Å². The van der Waals surface area contributed by atoms with Crippen LogP contribution in [0.15, 0.2) is 17.1 Å². The second kappa shape index (κ2) is 8.17. The lowest BCUT2D eigenvalue weighted by Gasteiger charge is -2.21. The molecular weight excluding hydrogens is 256 g/mol. The highest BCUT2D eigenvalue weighted by Crippen LogP contribution is 2.14. The van der Waals surface area contributed by atoms with Gasteiger partial charge in [-0.3, -0.25) is 4.99 Å². The molecule has 1 aromatic heterocycles. The third-order valence-electron chi connectivity index (χ3n) is 3.09. The number of nitrogens with one attached hydrogen (secondary N) is 2. The molecule has 5 heteroatoms. The summed E-state index contributed by atoms with van der Waals surface area (Å²) in [6, 6.07) is 4.88. The molecular formula is C14H26N4S. The Balaban J connectivity index is 2.27. The van der Waals surface area contributed by atoms with E-state index < -0.39 is 0 Å². The highest BCUT2D eigenvalue weighted by molar-refractivity contribution is 7.11. The lowest BCUT2D eigenvalue weighted by atomic mass is 10.3. The van der Waals surface area contributed by atoms with Crippen LogP contribution in [0.3, 0.4) is 0 Å². The van der Waals surface area contributed by atoms with Gasteiger partial charge in [-0.2, -0.15) is 0 Å². The summed E-state index contributed by atoms with van der Waals surface area (Å²) in [5, 5.41) is 6.67. The highest BCUT2D eigenvalue weighted by Gasteiger charge is 2.03. The van der Waals surface area contributed by atoms with E-state index in [1.54, 1.807) is 7.05 Å². The molecule has 0 saturated carbocycles. The lowest BCUT2D eigenvalue weighted by Crippen LogP contribution is -2.41. The first-order valence-corrected chi connectivity index (χ1v) is 7.54. The summed E-state index contributed by atoms with van der Waals surface area (Å²) in [6.07, 6.45) is 0. The van der Waals surface area contributed by atoms with Gasteiger partial charge in [0.15, 0.2) is 5.96 Å². The zero-order chi connectivity index (χ0) is 14.3. The molecule has 0 radical (unpaired) electrons. The molecule has 0 amide bonds. The topological polar surface area (TPSA) is 39.7 Å².